The third-order valence-corrected chi connectivity index (χ3v) is 2.91. The van der Waals surface area contributed by atoms with Crippen LogP contribution >= 0.6 is 0 Å². The number of pyridine rings is 1. The molecule has 1 rings (SSSR count). The van der Waals surface area contributed by atoms with Gasteiger partial charge >= 0.3 is 0 Å². The highest BCUT2D eigenvalue weighted by Crippen LogP contribution is 2.09. The Morgan fingerprint density at radius 3 is 2.63 bits per heavy atom. The van der Waals surface area contributed by atoms with E-state index in [1.54, 1.807) is 0 Å². The maximum absolute atomic E-state index is 13.3. The van der Waals surface area contributed by atoms with Crippen LogP contribution in [0.2, 0.25) is 0 Å². The first-order valence-electron chi connectivity index (χ1n) is 6.75. The van der Waals surface area contributed by atoms with Crippen LogP contribution in [0.15, 0.2) is 12.3 Å². The van der Waals surface area contributed by atoms with E-state index >= 15 is 0 Å². The van der Waals surface area contributed by atoms with Gasteiger partial charge in [-0.3, -0.25) is 4.79 Å². The zero-order valence-corrected chi connectivity index (χ0v) is 11.2. The highest BCUT2D eigenvalue weighted by Gasteiger charge is 2.15. The number of hydrogen-bond donors (Lipinski definition) is 1. The van der Waals surface area contributed by atoms with Crippen LogP contribution in [0, 0.1) is 11.8 Å². The fourth-order valence-electron chi connectivity index (χ4n) is 1.80. The van der Waals surface area contributed by atoms with Crippen LogP contribution in [0.5, 0.6) is 0 Å². The average Bonchev–Trinajstić information content (AvgIpc) is 2.40. The Morgan fingerprint density at radius 2 is 1.89 bits per heavy atom. The van der Waals surface area contributed by atoms with E-state index in [0.717, 1.165) is 25.5 Å². The van der Waals surface area contributed by atoms with Crippen molar-refractivity contribution < 1.29 is 13.6 Å². The number of hydrogen-bond acceptors (Lipinski definition) is 2. The highest BCUT2D eigenvalue weighted by atomic mass is 19.2. The second-order valence-electron chi connectivity index (χ2n) is 4.49. The summed E-state index contributed by atoms with van der Waals surface area (Å²) in [6.45, 7) is 2.64. The molecule has 0 radical (unpaired) electrons. The van der Waals surface area contributed by atoms with Crippen LogP contribution in [0.25, 0.3) is 0 Å². The van der Waals surface area contributed by atoms with Gasteiger partial charge in [-0.25, -0.2) is 9.37 Å². The van der Waals surface area contributed by atoms with Gasteiger partial charge in [0.1, 0.15) is 0 Å². The molecule has 1 aromatic rings. The molecule has 0 spiro atoms. The lowest BCUT2D eigenvalue weighted by Gasteiger charge is -2.06. The van der Waals surface area contributed by atoms with Crippen molar-refractivity contribution in [2.24, 2.45) is 0 Å². The van der Waals surface area contributed by atoms with Crippen molar-refractivity contribution in [1.29, 1.82) is 0 Å². The number of unbranched alkanes of at least 4 members (excludes halogenated alkanes) is 5. The van der Waals surface area contributed by atoms with Gasteiger partial charge < -0.3 is 5.32 Å². The van der Waals surface area contributed by atoms with E-state index in [-0.39, 0.29) is 5.56 Å². The molecule has 0 bridgehead atoms. The molecule has 0 aliphatic heterocycles. The van der Waals surface area contributed by atoms with E-state index in [1.165, 1.54) is 25.3 Å². The van der Waals surface area contributed by atoms with E-state index in [0.29, 0.717) is 6.54 Å². The molecule has 0 atom stereocenters. The molecule has 0 saturated carbocycles. The molecular weight excluding hydrogens is 250 g/mol. The van der Waals surface area contributed by atoms with Crippen LogP contribution in [-0.4, -0.2) is 17.4 Å². The molecular formula is C14H20F2N2O. The number of amides is 1. The van der Waals surface area contributed by atoms with Crippen molar-refractivity contribution in [2.45, 2.75) is 45.4 Å². The van der Waals surface area contributed by atoms with Crippen molar-refractivity contribution >= 4 is 5.91 Å². The van der Waals surface area contributed by atoms with E-state index in [4.69, 9.17) is 0 Å². The highest BCUT2D eigenvalue weighted by molar-refractivity contribution is 5.94. The minimum atomic E-state index is -1.24. The molecule has 1 N–H and O–H groups in total. The predicted octanol–water partition coefficient (Wildman–Crippen LogP) is 3.45. The minimum absolute atomic E-state index is 0.293. The number of rotatable bonds is 8. The first-order valence-corrected chi connectivity index (χ1v) is 6.75. The van der Waals surface area contributed by atoms with Gasteiger partial charge in [-0.2, -0.15) is 4.39 Å². The zero-order valence-electron chi connectivity index (χ0n) is 11.2. The van der Waals surface area contributed by atoms with Crippen LogP contribution in [0.3, 0.4) is 0 Å². The molecule has 0 fully saturated rings. The summed E-state index contributed by atoms with van der Waals surface area (Å²) in [5.74, 6) is -3.03. The lowest BCUT2D eigenvalue weighted by Crippen LogP contribution is -2.25. The number of halogens is 2. The zero-order chi connectivity index (χ0) is 14.1. The van der Waals surface area contributed by atoms with Gasteiger partial charge in [-0.05, 0) is 12.5 Å². The van der Waals surface area contributed by atoms with Crippen molar-refractivity contribution in [3.8, 4) is 0 Å². The molecule has 1 heterocycles. The second kappa shape index (κ2) is 8.56. The Labute approximate surface area is 112 Å². The Bertz CT molecular complexity index is 410. The Hall–Kier alpha value is -1.52. The summed E-state index contributed by atoms with van der Waals surface area (Å²) in [5, 5.41) is 2.58. The summed E-state index contributed by atoms with van der Waals surface area (Å²) < 4.78 is 26.1. The fraction of sp³-hybridized carbons (Fsp3) is 0.571. The number of nitrogens with zero attached hydrogens (tertiary/aromatic N) is 1. The smallest absolute Gasteiger partial charge is 0.254 e. The number of nitrogens with one attached hydrogen (secondary N) is 1. The van der Waals surface area contributed by atoms with Gasteiger partial charge in [-0.1, -0.05) is 39.0 Å². The van der Waals surface area contributed by atoms with Crippen molar-refractivity contribution in [3.05, 3.63) is 29.6 Å². The van der Waals surface area contributed by atoms with Gasteiger partial charge in [-0.15, -0.1) is 0 Å². The lowest BCUT2D eigenvalue weighted by atomic mass is 10.1. The summed E-state index contributed by atoms with van der Waals surface area (Å²) in [4.78, 5) is 14.7. The molecule has 0 saturated heterocycles. The third-order valence-electron chi connectivity index (χ3n) is 2.91. The van der Waals surface area contributed by atoms with E-state index in [2.05, 4.69) is 17.2 Å². The summed E-state index contributed by atoms with van der Waals surface area (Å²) >= 11 is 0. The Morgan fingerprint density at radius 1 is 1.21 bits per heavy atom. The Kier molecular flexibility index (Phi) is 7.00. The fourth-order valence-corrected chi connectivity index (χ4v) is 1.80. The first kappa shape index (κ1) is 15.5. The molecule has 3 nitrogen and oxygen atoms in total. The van der Waals surface area contributed by atoms with Crippen LogP contribution in [-0.2, 0) is 0 Å². The van der Waals surface area contributed by atoms with Crippen LogP contribution in [0.1, 0.15) is 55.8 Å². The normalized spacial score (nSPS) is 10.5. The lowest BCUT2D eigenvalue weighted by molar-refractivity contribution is 0.0947. The first-order chi connectivity index (χ1) is 9.16. The summed E-state index contributed by atoms with van der Waals surface area (Å²) in [7, 11) is 0. The van der Waals surface area contributed by atoms with Gasteiger partial charge in [0.2, 0.25) is 5.95 Å². The van der Waals surface area contributed by atoms with Crippen molar-refractivity contribution in [2.75, 3.05) is 6.54 Å². The van der Waals surface area contributed by atoms with E-state index in [1.807, 2.05) is 0 Å². The van der Waals surface area contributed by atoms with Crippen molar-refractivity contribution in [1.82, 2.24) is 10.3 Å². The number of aromatic nitrogens is 1. The predicted molar refractivity (Wildman–Crippen MR) is 69.9 cm³/mol. The topological polar surface area (TPSA) is 42.0 Å². The van der Waals surface area contributed by atoms with E-state index < -0.39 is 17.7 Å². The number of carbonyl (C=O) groups excluding carboxylic acids is 1. The maximum Gasteiger partial charge on any atom is 0.254 e. The van der Waals surface area contributed by atoms with Crippen LogP contribution < -0.4 is 5.32 Å². The Balaban J connectivity index is 2.26. The van der Waals surface area contributed by atoms with Gasteiger partial charge in [0.15, 0.2) is 5.82 Å². The number of carbonyl (C=O) groups is 1. The molecule has 1 aromatic heterocycles. The summed E-state index contributed by atoms with van der Waals surface area (Å²) in [6.07, 6.45) is 7.74. The molecule has 0 aromatic carbocycles. The second-order valence-corrected chi connectivity index (χ2v) is 4.49. The maximum atomic E-state index is 13.3. The van der Waals surface area contributed by atoms with Gasteiger partial charge in [0, 0.05) is 12.7 Å². The monoisotopic (exact) mass is 270 g/mol. The molecule has 0 unspecified atom stereocenters. The molecule has 106 valence electrons. The standard InChI is InChI=1S/C14H20F2N2O/c1-2-3-4-5-6-7-9-18-14(19)11-8-10-17-13(16)12(11)15/h8,10H,2-7,9H2,1H3,(H,18,19). The molecule has 19 heavy (non-hydrogen) atoms. The molecule has 5 heteroatoms. The molecule has 0 aliphatic carbocycles. The summed E-state index contributed by atoms with van der Waals surface area (Å²) in [6, 6.07) is 1.18. The largest absolute Gasteiger partial charge is 0.352 e. The summed E-state index contributed by atoms with van der Waals surface area (Å²) in [5.41, 5.74) is -0.293. The van der Waals surface area contributed by atoms with E-state index in [9.17, 15) is 13.6 Å². The van der Waals surface area contributed by atoms with Crippen LogP contribution in [0.4, 0.5) is 8.78 Å². The SMILES string of the molecule is CCCCCCCCNC(=O)c1ccnc(F)c1F. The molecule has 0 aliphatic rings. The van der Waals surface area contributed by atoms with Crippen molar-refractivity contribution in [3.63, 3.8) is 0 Å². The average molecular weight is 270 g/mol. The quantitative estimate of drug-likeness (QED) is 0.580. The van der Waals surface area contributed by atoms with Gasteiger partial charge in [0.05, 0.1) is 5.56 Å². The van der Waals surface area contributed by atoms with Gasteiger partial charge in [0.25, 0.3) is 5.91 Å². The minimum Gasteiger partial charge on any atom is -0.352 e. The molecule has 1 amide bonds. The third kappa shape index (κ3) is 5.32.